The molecular weight excluding hydrogens is 174 g/mol. The van der Waals surface area contributed by atoms with E-state index in [1.165, 1.54) is 11.3 Å². The summed E-state index contributed by atoms with van der Waals surface area (Å²) in [6.45, 7) is 0. The predicted molar refractivity (Wildman–Crippen MR) is 47.1 cm³/mol. The third-order valence-corrected chi connectivity index (χ3v) is 2.80. The molecule has 0 radical (unpaired) electrons. The van der Waals surface area contributed by atoms with E-state index in [-0.39, 0.29) is 5.91 Å². The molecule has 0 spiro atoms. The van der Waals surface area contributed by atoms with E-state index in [4.69, 9.17) is 0 Å². The Morgan fingerprint density at radius 1 is 1.67 bits per heavy atom. The van der Waals surface area contributed by atoms with Gasteiger partial charge in [-0.2, -0.15) is 0 Å². The van der Waals surface area contributed by atoms with Crippen LogP contribution in [0, 0.1) is 0 Å². The van der Waals surface area contributed by atoms with Crippen molar-refractivity contribution in [3.8, 4) is 0 Å². The van der Waals surface area contributed by atoms with Crippen molar-refractivity contribution in [2.24, 2.45) is 0 Å². The fraction of sp³-hybridized carbons (Fsp3) is 0.375. The second-order valence-electron chi connectivity index (χ2n) is 2.81. The summed E-state index contributed by atoms with van der Waals surface area (Å²) in [5.41, 5.74) is 0.853. The Labute approximate surface area is 74.0 Å². The summed E-state index contributed by atoms with van der Waals surface area (Å²) in [5, 5.41) is 15.0. The van der Waals surface area contributed by atoms with E-state index in [0.717, 1.165) is 10.6 Å². The van der Waals surface area contributed by atoms with Crippen LogP contribution in [-0.2, 0) is 4.79 Å². The summed E-state index contributed by atoms with van der Waals surface area (Å²) in [6.07, 6.45) is 0.447. The van der Waals surface area contributed by atoms with E-state index in [2.05, 4.69) is 5.32 Å². The molecule has 0 bridgehead atoms. The van der Waals surface area contributed by atoms with Crippen LogP contribution in [0.4, 0.5) is 5.00 Å². The van der Waals surface area contributed by atoms with Gasteiger partial charge in [0.05, 0.1) is 6.10 Å². The highest BCUT2D eigenvalue weighted by Gasteiger charge is 2.20. The number of carbonyl (C=O) groups is 1. The highest BCUT2D eigenvalue weighted by molar-refractivity contribution is 7.14. The number of rotatable bonds is 0. The molecule has 2 heterocycles. The molecule has 0 aromatic carbocycles. The highest BCUT2D eigenvalue weighted by atomic mass is 32.1. The van der Waals surface area contributed by atoms with E-state index in [0.29, 0.717) is 12.8 Å². The first kappa shape index (κ1) is 7.76. The zero-order chi connectivity index (χ0) is 8.55. The third kappa shape index (κ3) is 1.23. The molecule has 1 aromatic heterocycles. The van der Waals surface area contributed by atoms with Crippen LogP contribution in [0.25, 0.3) is 0 Å². The molecule has 2 N–H and O–H groups in total. The first-order valence-electron chi connectivity index (χ1n) is 3.82. The summed E-state index contributed by atoms with van der Waals surface area (Å²) < 4.78 is 0. The first-order chi connectivity index (χ1) is 5.77. The van der Waals surface area contributed by atoms with Crippen molar-refractivity contribution in [1.82, 2.24) is 0 Å². The minimum Gasteiger partial charge on any atom is -0.388 e. The second kappa shape index (κ2) is 2.88. The summed E-state index contributed by atoms with van der Waals surface area (Å²) >= 11 is 1.45. The van der Waals surface area contributed by atoms with Gasteiger partial charge < -0.3 is 10.4 Å². The lowest BCUT2D eigenvalue weighted by Gasteiger charge is -2.04. The number of aliphatic hydroxyl groups excluding tert-OH is 1. The van der Waals surface area contributed by atoms with Crippen molar-refractivity contribution >= 4 is 22.2 Å². The Bertz CT molecular complexity index is 308. The smallest absolute Gasteiger partial charge is 0.225 e. The number of hydrogen-bond donors (Lipinski definition) is 2. The van der Waals surface area contributed by atoms with Gasteiger partial charge in [0.2, 0.25) is 5.91 Å². The Morgan fingerprint density at radius 2 is 2.50 bits per heavy atom. The van der Waals surface area contributed by atoms with Crippen molar-refractivity contribution in [2.75, 3.05) is 5.32 Å². The molecular formula is C8H9NO2S. The molecule has 12 heavy (non-hydrogen) atoms. The maximum absolute atomic E-state index is 11.1. The average molecular weight is 183 g/mol. The lowest BCUT2D eigenvalue weighted by atomic mass is 10.1. The van der Waals surface area contributed by atoms with Crippen LogP contribution in [0.2, 0.25) is 0 Å². The molecule has 2 rings (SSSR count). The first-order valence-corrected chi connectivity index (χ1v) is 4.70. The topological polar surface area (TPSA) is 49.3 Å². The van der Waals surface area contributed by atoms with E-state index >= 15 is 0 Å². The molecule has 1 aliphatic heterocycles. The minimum absolute atomic E-state index is 0.00440. The monoisotopic (exact) mass is 183 g/mol. The molecule has 1 atom stereocenters. The number of amides is 1. The van der Waals surface area contributed by atoms with E-state index in [9.17, 15) is 9.90 Å². The average Bonchev–Trinajstić information content (AvgIpc) is 2.44. The zero-order valence-electron chi connectivity index (χ0n) is 6.41. The lowest BCUT2D eigenvalue weighted by Crippen LogP contribution is -2.07. The standard InChI is InChI=1S/C8H9NO2S/c10-6-1-2-7(11)9-8-5(6)3-4-12-8/h3-4,6,10H,1-2H2,(H,9,11). The van der Waals surface area contributed by atoms with Crippen molar-refractivity contribution in [2.45, 2.75) is 18.9 Å². The predicted octanol–water partition coefficient (Wildman–Crippen LogP) is 1.51. The van der Waals surface area contributed by atoms with Gasteiger partial charge in [0.15, 0.2) is 0 Å². The molecule has 1 aliphatic rings. The summed E-state index contributed by atoms with van der Waals surface area (Å²) in [7, 11) is 0. The molecule has 0 aliphatic carbocycles. The summed E-state index contributed by atoms with van der Waals surface area (Å²) in [4.78, 5) is 11.1. The number of aliphatic hydroxyl groups is 1. The normalized spacial score (nSPS) is 22.8. The molecule has 0 saturated heterocycles. The van der Waals surface area contributed by atoms with Gasteiger partial charge >= 0.3 is 0 Å². The van der Waals surface area contributed by atoms with E-state index < -0.39 is 6.10 Å². The van der Waals surface area contributed by atoms with Crippen molar-refractivity contribution in [3.05, 3.63) is 17.0 Å². The maximum Gasteiger partial charge on any atom is 0.225 e. The van der Waals surface area contributed by atoms with Gasteiger partial charge in [-0.15, -0.1) is 11.3 Å². The number of nitrogens with one attached hydrogen (secondary N) is 1. The summed E-state index contributed by atoms with van der Waals surface area (Å²) in [5.74, 6) is -0.00440. The van der Waals surface area contributed by atoms with Crippen molar-refractivity contribution < 1.29 is 9.90 Å². The Balaban J connectivity index is 2.38. The Kier molecular flexibility index (Phi) is 1.86. The van der Waals surface area contributed by atoms with Crippen LogP contribution >= 0.6 is 11.3 Å². The SMILES string of the molecule is O=C1CCC(O)c2ccsc2N1. The minimum atomic E-state index is -0.481. The van der Waals surface area contributed by atoms with Crippen LogP contribution in [0.15, 0.2) is 11.4 Å². The summed E-state index contributed by atoms with van der Waals surface area (Å²) in [6, 6.07) is 1.86. The molecule has 1 unspecified atom stereocenters. The van der Waals surface area contributed by atoms with Gasteiger partial charge in [0, 0.05) is 12.0 Å². The molecule has 4 heteroatoms. The van der Waals surface area contributed by atoms with Crippen molar-refractivity contribution in [3.63, 3.8) is 0 Å². The fourth-order valence-electron chi connectivity index (χ4n) is 1.30. The Hall–Kier alpha value is -0.870. The van der Waals surface area contributed by atoms with Crippen LogP contribution < -0.4 is 5.32 Å². The van der Waals surface area contributed by atoms with Gasteiger partial charge in [-0.1, -0.05) is 0 Å². The van der Waals surface area contributed by atoms with E-state index in [1.54, 1.807) is 0 Å². The van der Waals surface area contributed by atoms with Crippen LogP contribution in [-0.4, -0.2) is 11.0 Å². The number of anilines is 1. The highest BCUT2D eigenvalue weighted by Crippen LogP contribution is 2.33. The number of carbonyl (C=O) groups excluding carboxylic acids is 1. The number of fused-ring (bicyclic) bond motifs is 1. The molecule has 64 valence electrons. The largest absolute Gasteiger partial charge is 0.388 e. The fourth-order valence-corrected chi connectivity index (χ4v) is 2.16. The van der Waals surface area contributed by atoms with Gasteiger partial charge in [-0.25, -0.2) is 0 Å². The van der Waals surface area contributed by atoms with Gasteiger partial charge in [0.25, 0.3) is 0 Å². The number of hydrogen-bond acceptors (Lipinski definition) is 3. The maximum atomic E-state index is 11.1. The van der Waals surface area contributed by atoms with Crippen LogP contribution in [0.3, 0.4) is 0 Å². The zero-order valence-corrected chi connectivity index (χ0v) is 7.23. The molecule has 1 aromatic rings. The van der Waals surface area contributed by atoms with Crippen LogP contribution in [0.5, 0.6) is 0 Å². The second-order valence-corrected chi connectivity index (χ2v) is 3.72. The third-order valence-electron chi connectivity index (χ3n) is 1.95. The van der Waals surface area contributed by atoms with Gasteiger partial charge in [-0.3, -0.25) is 4.79 Å². The molecule has 3 nitrogen and oxygen atoms in total. The van der Waals surface area contributed by atoms with Gasteiger partial charge in [-0.05, 0) is 17.9 Å². The van der Waals surface area contributed by atoms with Crippen molar-refractivity contribution in [1.29, 1.82) is 0 Å². The van der Waals surface area contributed by atoms with Crippen LogP contribution in [0.1, 0.15) is 24.5 Å². The molecule has 0 fully saturated rings. The quantitative estimate of drug-likeness (QED) is 0.640. The Morgan fingerprint density at radius 3 is 3.33 bits per heavy atom. The van der Waals surface area contributed by atoms with E-state index in [1.807, 2.05) is 11.4 Å². The van der Waals surface area contributed by atoms with Gasteiger partial charge in [0.1, 0.15) is 5.00 Å². The lowest BCUT2D eigenvalue weighted by molar-refractivity contribution is -0.116. The molecule has 1 amide bonds. The molecule has 0 saturated carbocycles. The number of thiophene rings is 1.